The molecule has 0 spiro atoms. The maximum absolute atomic E-state index is 13.4. The van der Waals surface area contributed by atoms with Gasteiger partial charge in [-0.25, -0.2) is 9.59 Å². The van der Waals surface area contributed by atoms with Crippen LogP contribution in [0.5, 0.6) is 11.5 Å². The Balaban J connectivity index is 1.93. The summed E-state index contributed by atoms with van der Waals surface area (Å²) < 4.78 is 5.93. The number of carboxylic acids is 2. The fraction of sp³-hybridized carbons (Fsp3) is 0.500. The Hall–Kier alpha value is -3.46. The standard InChI is InChI=1S/C28H34O9/c1-13-14(2)24-20(10-12-28(6,37-24)26(34)35)19(22(13)30)8-7-17-15(3)21(29)16(4)18(23(17)31)9-11-27(5,36)25(32)33/h30,36H,7-12H2,1-6H3,(H,32,33)(H,34,35). The minimum absolute atomic E-state index is 0.0519. The number of Topliss-reactive ketones (excluding diaryl/α,β-unsaturated/α-hetero) is 2. The zero-order chi connectivity index (χ0) is 28.0. The molecule has 200 valence electrons. The van der Waals surface area contributed by atoms with E-state index in [4.69, 9.17) is 4.74 Å². The number of aromatic hydroxyl groups is 1. The van der Waals surface area contributed by atoms with Crippen molar-refractivity contribution >= 4 is 23.5 Å². The van der Waals surface area contributed by atoms with E-state index in [2.05, 4.69) is 0 Å². The lowest BCUT2D eigenvalue weighted by molar-refractivity contribution is -0.157. The molecule has 0 bridgehead atoms. The van der Waals surface area contributed by atoms with Crippen molar-refractivity contribution in [3.05, 3.63) is 44.5 Å². The normalized spacial score (nSPS) is 21.5. The zero-order valence-corrected chi connectivity index (χ0v) is 22.1. The number of phenols is 1. The Labute approximate surface area is 215 Å². The molecule has 0 saturated heterocycles. The number of carboxylic acid groups (broad SMARTS) is 2. The summed E-state index contributed by atoms with van der Waals surface area (Å²) in [7, 11) is 0. The van der Waals surface area contributed by atoms with E-state index in [1.807, 2.05) is 0 Å². The van der Waals surface area contributed by atoms with E-state index in [9.17, 15) is 39.6 Å². The minimum atomic E-state index is -2.04. The molecule has 2 aliphatic rings. The summed E-state index contributed by atoms with van der Waals surface area (Å²) in [6.07, 6.45) is 0.624. The number of carbonyl (C=O) groups excluding carboxylic acids is 2. The monoisotopic (exact) mass is 514 g/mol. The van der Waals surface area contributed by atoms with Crippen LogP contribution in [-0.4, -0.2) is 55.1 Å². The molecule has 0 saturated carbocycles. The van der Waals surface area contributed by atoms with Crippen molar-refractivity contribution in [2.75, 3.05) is 0 Å². The van der Waals surface area contributed by atoms with Crippen LogP contribution in [0.2, 0.25) is 0 Å². The molecule has 0 amide bonds. The third-order valence-corrected chi connectivity index (χ3v) is 7.90. The lowest BCUT2D eigenvalue weighted by Gasteiger charge is -2.35. The van der Waals surface area contributed by atoms with Crippen LogP contribution in [0.4, 0.5) is 0 Å². The zero-order valence-electron chi connectivity index (χ0n) is 22.1. The predicted octanol–water partition coefficient (Wildman–Crippen LogP) is 3.51. The van der Waals surface area contributed by atoms with Gasteiger partial charge in [-0.1, -0.05) is 0 Å². The van der Waals surface area contributed by atoms with Crippen LogP contribution in [0.25, 0.3) is 0 Å². The van der Waals surface area contributed by atoms with Crippen molar-refractivity contribution in [1.82, 2.24) is 0 Å². The topological polar surface area (TPSA) is 158 Å². The lowest BCUT2D eigenvalue weighted by Crippen LogP contribution is -2.44. The number of hydrogen-bond donors (Lipinski definition) is 4. The number of ketones is 2. The van der Waals surface area contributed by atoms with Crippen LogP contribution in [0.15, 0.2) is 22.3 Å². The number of aliphatic carboxylic acids is 2. The van der Waals surface area contributed by atoms with Crippen LogP contribution in [0.1, 0.15) is 75.6 Å². The molecule has 9 heteroatoms. The Morgan fingerprint density at radius 1 is 0.946 bits per heavy atom. The summed E-state index contributed by atoms with van der Waals surface area (Å²) >= 11 is 0. The number of rotatable bonds is 8. The molecule has 1 aliphatic heterocycles. The molecule has 37 heavy (non-hydrogen) atoms. The average molecular weight is 515 g/mol. The van der Waals surface area contributed by atoms with Crippen molar-refractivity contribution in [2.24, 2.45) is 0 Å². The van der Waals surface area contributed by atoms with Gasteiger partial charge in [-0.2, -0.15) is 0 Å². The molecular formula is C28H34O9. The van der Waals surface area contributed by atoms with Gasteiger partial charge in [-0.05, 0) is 84.8 Å². The molecule has 2 atom stereocenters. The number of hydrogen-bond acceptors (Lipinski definition) is 7. The lowest BCUT2D eigenvalue weighted by atomic mass is 9.79. The molecule has 1 aromatic rings. The highest BCUT2D eigenvalue weighted by atomic mass is 16.5. The minimum Gasteiger partial charge on any atom is -0.507 e. The van der Waals surface area contributed by atoms with Crippen molar-refractivity contribution < 1.29 is 44.3 Å². The van der Waals surface area contributed by atoms with Gasteiger partial charge in [0.15, 0.2) is 17.2 Å². The average Bonchev–Trinajstić information content (AvgIpc) is 2.83. The van der Waals surface area contributed by atoms with Crippen molar-refractivity contribution in [1.29, 1.82) is 0 Å². The van der Waals surface area contributed by atoms with Crippen LogP contribution >= 0.6 is 0 Å². The number of benzene rings is 1. The van der Waals surface area contributed by atoms with Gasteiger partial charge < -0.3 is 25.2 Å². The maximum Gasteiger partial charge on any atom is 0.347 e. The summed E-state index contributed by atoms with van der Waals surface area (Å²) in [5.41, 5.74) is -0.00774. The smallest absolute Gasteiger partial charge is 0.347 e. The first kappa shape index (κ1) is 28.1. The van der Waals surface area contributed by atoms with Gasteiger partial charge in [0.05, 0.1) is 0 Å². The Morgan fingerprint density at radius 3 is 2.05 bits per heavy atom. The highest BCUT2D eigenvalue weighted by Crippen LogP contribution is 2.45. The van der Waals surface area contributed by atoms with E-state index in [0.29, 0.717) is 40.0 Å². The van der Waals surface area contributed by atoms with Crippen LogP contribution in [-0.2, 0) is 32.0 Å². The fourth-order valence-corrected chi connectivity index (χ4v) is 4.95. The van der Waals surface area contributed by atoms with E-state index in [1.54, 1.807) is 20.8 Å². The number of allylic oxidation sites excluding steroid dienone is 4. The van der Waals surface area contributed by atoms with Gasteiger partial charge >= 0.3 is 11.9 Å². The highest BCUT2D eigenvalue weighted by Gasteiger charge is 2.41. The summed E-state index contributed by atoms with van der Waals surface area (Å²) in [5, 5.41) is 39.9. The molecule has 0 aromatic heterocycles. The van der Waals surface area contributed by atoms with Gasteiger partial charge in [-0.15, -0.1) is 0 Å². The third kappa shape index (κ3) is 4.92. The summed E-state index contributed by atoms with van der Waals surface area (Å²) in [4.78, 5) is 49.4. The molecule has 1 aromatic carbocycles. The number of fused-ring (bicyclic) bond motifs is 1. The van der Waals surface area contributed by atoms with Crippen molar-refractivity contribution in [3.8, 4) is 11.5 Å². The molecule has 2 unspecified atom stereocenters. The Bertz CT molecular complexity index is 1280. The molecule has 1 aliphatic carbocycles. The van der Waals surface area contributed by atoms with Gasteiger partial charge in [0.25, 0.3) is 0 Å². The summed E-state index contributed by atoms with van der Waals surface area (Å²) in [6, 6.07) is 0. The quantitative estimate of drug-likeness (QED) is 0.381. The third-order valence-electron chi connectivity index (χ3n) is 7.90. The van der Waals surface area contributed by atoms with Crippen LogP contribution in [0.3, 0.4) is 0 Å². The first-order chi connectivity index (χ1) is 17.0. The van der Waals surface area contributed by atoms with E-state index in [-0.39, 0.29) is 66.1 Å². The van der Waals surface area contributed by atoms with Crippen LogP contribution in [0, 0.1) is 13.8 Å². The second-order valence-electron chi connectivity index (χ2n) is 10.5. The second-order valence-corrected chi connectivity index (χ2v) is 10.5. The molecule has 0 fully saturated rings. The molecule has 1 heterocycles. The van der Waals surface area contributed by atoms with Crippen LogP contribution < -0.4 is 4.74 Å². The fourth-order valence-electron chi connectivity index (χ4n) is 4.95. The number of aliphatic hydroxyl groups is 1. The Kier molecular flexibility index (Phi) is 7.43. The highest BCUT2D eigenvalue weighted by molar-refractivity contribution is 6.24. The first-order valence-corrected chi connectivity index (χ1v) is 12.2. The first-order valence-electron chi connectivity index (χ1n) is 12.2. The summed E-state index contributed by atoms with van der Waals surface area (Å²) in [5.74, 6) is -2.70. The van der Waals surface area contributed by atoms with Crippen molar-refractivity contribution in [3.63, 3.8) is 0 Å². The van der Waals surface area contributed by atoms with Gasteiger partial charge in [-0.3, -0.25) is 9.59 Å². The largest absolute Gasteiger partial charge is 0.507 e. The van der Waals surface area contributed by atoms with E-state index >= 15 is 0 Å². The van der Waals surface area contributed by atoms with E-state index in [1.165, 1.54) is 13.8 Å². The predicted molar refractivity (Wildman–Crippen MR) is 134 cm³/mol. The molecule has 3 rings (SSSR count). The van der Waals surface area contributed by atoms with Gasteiger partial charge in [0.1, 0.15) is 11.5 Å². The number of phenolic OH excluding ortho intramolecular Hbond substituents is 1. The van der Waals surface area contributed by atoms with E-state index in [0.717, 1.165) is 6.92 Å². The summed E-state index contributed by atoms with van der Waals surface area (Å²) in [6.45, 7) is 9.22. The molecule has 0 radical (unpaired) electrons. The maximum atomic E-state index is 13.4. The van der Waals surface area contributed by atoms with E-state index < -0.39 is 23.1 Å². The molecule has 9 nitrogen and oxygen atoms in total. The molecule has 4 N–H and O–H groups in total. The SMILES string of the molecule is CC1=C(CCc2c(O)c(C)c(C)c3c2CCC(C)(C(=O)O)O3)C(=O)C(CCC(C)(O)C(=O)O)=C(C)C1=O. The van der Waals surface area contributed by atoms with Gasteiger partial charge in [0, 0.05) is 39.8 Å². The second kappa shape index (κ2) is 9.78. The number of carbonyl (C=O) groups is 4. The Morgan fingerprint density at radius 2 is 1.51 bits per heavy atom. The molecular weight excluding hydrogens is 480 g/mol. The van der Waals surface area contributed by atoms with Crippen molar-refractivity contribution in [2.45, 2.75) is 91.3 Å². The number of ether oxygens (including phenoxy) is 1. The van der Waals surface area contributed by atoms with Gasteiger partial charge in [0.2, 0.25) is 5.60 Å².